The zero-order chi connectivity index (χ0) is 26.9. The molecule has 2 aliphatic carbocycles. The van der Waals surface area contributed by atoms with Crippen molar-refractivity contribution in [1.82, 2.24) is 0 Å². The van der Waals surface area contributed by atoms with Crippen LogP contribution in [-0.4, -0.2) is 15.6 Å². The van der Waals surface area contributed by atoms with E-state index in [1.54, 1.807) is 0 Å². The van der Waals surface area contributed by atoms with Crippen molar-refractivity contribution < 1.29 is 9.85 Å². The van der Waals surface area contributed by atoms with Gasteiger partial charge in [0, 0.05) is 17.9 Å². The van der Waals surface area contributed by atoms with Gasteiger partial charge in [0.1, 0.15) is 5.69 Å². The largest absolute Gasteiger partial charge is 0.301 e. The molecule has 8 nitrogen and oxygen atoms in total. The molecule has 4 aromatic rings. The Morgan fingerprint density at radius 2 is 1.31 bits per heavy atom. The van der Waals surface area contributed by atoms with Crippen LogP contribution in [0.5, 0.6) is 0 Å². The van der Waals surface area contributed by atoms with E-state index in [4.69, 9.17) is 5.10 Å². The number of nitro benzene ring substituents is 2. The van der Waals surface area contributed by atoms with E-state index in [2.05, 4.69) is 41.8 Å². The van der Waals surface area contributed by atoms with Crippen molar-refractivity contribution in [3.05, 3.63) is 146 Å². The molecule has 4 aromatic carbocycles. The topological polar surface area (TPSA) is 111 Å². The number of fused-ring (bicyclic) bond motifs is 2. The van der Waals surface area contributed by atoms with Gasteiger partial charge < -0.3 is 0 Å². The van der Waals surface area contributed by atoms with Crippen LogP contribution in [0.25, 0.3) is 11.1 Å². The van der Waals surface area contributed by atoms with E-state index in [1.807, 2.05) is 54.6 Å². The van der Waals surface area contributed by atoms with Crippen LogP contribution in [0.1, 0.15) is 29.0 Å². The predicted octanol–water partition coefficient (Wildman–Crippen LogP) is 7.32. The lowest BCUT2D eigenvalue weighted by atomic mass is 9.76. The molecular weight excluding hydrogens is 492 g/mol. The summed E-state index contributed by atoms with van der Waals surface area (Å²) in [7, 11) is 0. The minimum Gasteiger partial charge on any atom is -0.272 e. The number of nitrogens with zero attached hydrogens (tertiary/aromatic N) is 3. The number of non-ortho nitro benzene ring substituents is 1. The van der Waals surface area contributed by atoms with Crippen molar-refractivity contribution in [1.29, 1.82) is 0 Å². The van der Waals surface area contributed by atoms with E-state index in [9.17, 15) is 20.2 Å². The zero-order valence-electron chi connectivity index (χ0n) is 20.8. The third kappa shape index (κ3) is 4.35. The smallest absolute Gasteiger partial charge is 0.272 e. The van der Waals surface area contributed by atoms with Crippen LogP contribution in [-0.2, 0) is 0 Å². The zero-order valence-corrected chi connectivity index (χ0v) is 20.8. The number of nitrogens with one attached hydrogen (secondary N) is 1. The third-order valence-corrected chi connectivity index (χ3v) is 7.61. The fourth-order valence-corrected chi connectivity index (χ4v) is 6.01. The van der Waals surface area contributed by atoms with Crippen LogP contribution in [0.15, 0.2) is 114 Å². The Balaban J connectivity index is 1.49. The van der Waals surface area contributed by atoms with Crippen LogP contribution < -0.4 is 5.43 Å². The van der Waals surface area contributed by atoms with Crippen LogP contribution >= 0.6 is 0 Å². The van der Waals surface area contributed by atoms with Gasteiger partial charge in [0.2, 0.25) is 0 Å². The summed E-state index contributed by atoms with van der Waals surface area (Å²) >= 11 is 0. The molecule has 1 N–H and O–H groups in total. The summed E-state index contributed by atoms with van der Waals surface area (Å²) in [6, 6.07) is 34.5. The minimum atomic E-state index is -0.646. The van der Waals surface area contributed by atoms with Crippen LogP contribution in [0.2, 0.25) is 0 Å². The molecule has 0 heterocycles. The standard InChI is InChI=1S/C31H24N4O4/c36-34(37)23-16-17-26(27(18-23)35(38)39)32-33-31-25-19-24(20-10-4-1-5-11-20)30(31)29(22-14-8-3-9-15-22)28(25)21-12-6-2-7-13-21/h1-18,24-25,30,32H,19H2/b33-31+. The summed E-state index contributed by atoms with van der Waals surface area (Å²) in [5.74, 6) is 0.147. The molecule has 39 heavy (non-hydrogen) atoms. The lowest BCUT2D eigenvalue weighted by molar-refractivity contribution is -0.393. The Labute approximate surface area is 224 Å². The molecule has 8 heteroatoms. The molecular formula is C31H24N4O4. The highest BCUT2D eigenvalue weighted by Gasteiger charge is 2.51. The second kappa shape index (κ2) is 9.98. The first-order chi connectivity index (χ1) is 19.0. The highest BCUT2D eigenvalue weighted by Crippen LogP contribution is 2.60. The van der Waals surface area contributed by atoms with Crippen LogP contribution in [0.3, 0.4) is 0 Å². The number of rotatable bonds is 7. The lowest BCUT2D eigenvalue weighted by Gasteiger charge is -2.27. The number of hydrogen-bond acceptors (Lipinski definition) is 6. The molecule has 6 rings (SSSR count). The first-order valence-electron chi connectivity index (χ1n) is 12.7. The second-order valence-electron chi connectivity index (χ2n) is 9.71. The van der Waals surface area contributed by atoms with Gasteiger partial charge >= 0.3 is 5.69 Å². The van der Waals surface area contributed by atoms with E-state index < -0.39 is 15.5 Å². The maximum Gasteiger partial charge on any atom is 0.301 e. The normalized spacial score (nSPS) is 20.8. The molecule has 0 radical (unpaired) electrons. The van der Waals surface area contributed by atoms with Gasteiger partial charge in [-0.25, -0.2) is 0 Å². The Morgan fingerprint density at radius 3 is 1.90 bits per heavy atom. The number of anilines is 1. The molecule has 1 saturated carbocycles. The molecule has 0 amide bonds. The molecule has 2 aliphatic rings. The Bertz CT molecular complexity index is 1620. The van der Waals surface area contributed by atoms with E-state index in [1.165, 1.54) is 28.8 Å². The number of nitro groups is 2. The van der Waals surface area contributed by atoms with Gasteiger partial charge in [-0.3, -0.25) is 25.7 Å². The summed E-state index contributed by atoms with van der Waals surface area (Å²) in [5, 5.41) is 27.7. The van der Waals surface area contributed by atoms with Gasteiger partial charge in [-0.05, 0) is 46.2 Å². The monoisotopic (exact) mass is 516 g/mol. The van der Waals surface area contributed by atoms with E-state index >= 15 is 0 Å². The molecule has 0 aliphatic heterocycles. The van der Waals surface area contributed by atoms with Crippen LogP contribution in [0, 0.1) is 32.1 Å². The SMILES string of the molecule is O=[N+]([O-])c1ccc(N/N=C2\C3CC(c4ccccc4)C2C(c2ccccc2)=C3c2ccccc2)c([N+](=O)[O-])c1. The van der Waals surface area contributed by atoms with Gasteiger partial charge in [0.25, 0.3) is 5.69 Å². The summed E-state index contributed by atoms with van der Waals surface area (Å²) in [6.07, 6.45) is 0.859. The summed E-state index contributed by atoms with van der Waals surface area (Å²) in [5.41, 5.74) is 9.12. The highest BCUT2D eigenvalue weighted by molar-refractivity contribution is 6.20. The molecule has 3 unspecified atom stereocenters. The number of hydrogen-bond donors (Lipinski definition) is 1. The van der Waals surface area contributed by atoms with Crippen molar-refractivity contribution in [3.8, 4) is 0 Å². The highest BCUT2D eigenvalue weighted by atomic mass is 16.6. The number of hydrazone groups is 1. The van der Waals surface area contributed by atoms with Gasteiger partial charge in [0.15, 0.2) is 0 Å². The van der Waals surface area contributed by atoms with E-state index in [-0.39, 0.29) is 29.1 Å². The fourth-order valence-electron chi connectivity index (χ4n) is 6.01. The summed E-state index contributed by atoms with van der Waals surface area (Å²) in [4.78, 5) is 21.6. The van der Waals surface area contributed by atoms with Gasteiger partial charge in [-0.1, -0.05) is 91.0 Å². The van der Waals surface area contributed by atoms with Crippen LogP contribution in [0.4, 0.5) is 17.1 Å². The lowest BCUT2D eigenvalue weighted by Crippen LogP contribution is -2.15. The molecule has 2 bridgehead atoms. The molecule has 0 saturated heterocycles. The van der Waals surface area contributed by atoms with Crippen molar-refractivity contribution in [2.45, 2.75) is 12.3 Å². The predicted molar refractivity (Wildman–Crippen MR) is 151 cm³/mol. The first kappa shape index (κ1) is 24.2. The molecule has 1 fully saturated rings. The van der Waals surface area contributed by atoms with E-state index in [0.717, 1.165) is 29.3 Å². The molecule has 0 spiro atoms. The quantitative estimate of drug-likeness (QED) is 0.204. The average molecular weight is 517 g/mol. The molecule has 0 aromatic heterocycles. The minimum absolute atomic E-state index is 0.00224. The number of benzene rings is 4. The molecule has 192 valence electrons. The summed E-state index contributed by atoms with van der Waals surface area (Å²) in [6.45, 7) is 0. The Hall–Kier alpha value is -5.11. The second-order valence-corrected chi connectivity index (χ2v) is 9.71. The summed E-state index contributed by atoms with van der Waals surface area (Å²) < 4.78 is 0. The first-order valence-corrected chi connectivity index (χ1v) is 12.7. The van der Waals surface area contributed by atoms with E-state index in [0.29, 0.717) is 0 Å². The maximum atomic E-state index is 11.7. The molecule has 3 atom stereocenters. The third-order valence-electron chi connectivity index (χ3n) is 7.61. The number of allylic oxidation sites excluding steroid dienone is 2. The van der Waals surface area contributed by atoms with Crippen molar-refractivity contribution in [3.63, 3.8) is 0 Å². The van der Waals surface area contributed by atoms with Gasteiger partial charge in [-0.2, -0.15) is 5.10 Å². The Morgan fingerprint density at radius 1 is 0.718 bits per heavy atom. The van der Waals surface area contributed by atoms with Crippen molar-refractivity contribution in [2.24, 2.45) is 16.9 Å². The van der Waals surface area contributed by atoms with Crippen molar-refractivity contribution >= 4 is 33.9 Å². The fraction of sp³-hybridized carbons (Fsp3) is 0.129. The average Bonchev–Trinajstić information content (AvgIpc) is 3.49. The van der Waals surface area contributed by atoms with Gasteiger partial charge in [0.05, 0.1) is 21.6 Å². The van der Waals surface area contributed by atoms with Gasteiger partial charge in [-0.15, -0.1) is 0 Å². The van der Waals surface area contributed by atoms with Crippen molar-refractivity contribution in [2.75, 3.05) is 5.43 Å². The Kier molecular flexibility index (Phi) is 6.20. The maximum absolute atomic E-state index is 11.7.